The average Bonchev–Trinajstić information content (AvgIpc) is 2.37. The second kappa shape index (κ2) is 8.53. The maximum absolute atomic E-state index is 11.0. The van der Waals surface area contributed by atoms with Crippen molar-refractivity contribution in [2.75, 3.05) is 13.2 Å². The number of hydrogen-bond acceptors (Lipinski definition) is 3. The Labute approximate surface area is 114 Å². The van der Waals surface area contributed by atoms with Gasteiger partial charge in [0.05, 0.1) is 6.61 Å². The van der Waals surface area contributed by atoms with Gasteiger partial charge in [0.1, 0.15) is 11.8 Å². The van der Waals surface area contributed by atoms with Gasteiger partial charge in [0.2, 0.25) is 0 Å². The second-order valence-electron chi connectivity index (χ2n) is 4.99. The van der Waals surface area contributed by atoms with Crippen molar-refractivity contribution in [1.82, 2.24) is 5.32 Å². The lowest BCUT2D eigenvalue weighted by Crippen LogP contribution is -2.38. The van der Waals surface area contributed by atoms with E-state index in [-0.39, 0.29) is 0 Å². The topological polar surface area (TPSA) is 58.6 Å². The Hall–Kier alpha value is -1.55. The summed E-state index contributed by atoms with van der Waals surface area (Å²) in [6.45, 7) is 5.29. The summed E-state index contributed by atoms with van der Waals surface area (Å²) in [6.07, 6.45) is 1.44. The largest absolute Gasteiger partial charge is 0.494 e. The first-order valence-corrected chi connectivity index (χ1v) is 6.73. The number of nitrogens with one attached hydrogen (secondary N) is 1. The average molecular weight is 265 g/mol. The Kier molecular flexibility index (Phi) is 6.97. The Morgan fingerprint density at radius 3 is 2.58 bits per heavy atom. The molecule has 1 rings (SSSR count). The van der Waals surface area contributed by atoms with Crippen LogP contribution in [0.2, 0.25) is 0 Å². The molecule has 1 aromatic rings. The minimum absolute atomic E-state index is 0.370. The number of hydrogen-bond donors (Lipinski definition) is 2. The molecule has 106 valence electrons. The van der Waals surface area contributed by atoms with E-state index < -0.39 is 12.0 Å². The van der Waals surface area contributed by atoms with Crippen LogP contribution in [0.25, 0.3) is 0 Å². The van der Waals surface area contributed by atoms with Crippen LogP contribution in [0.5, 0.6) is 5.75 Å². The van der Waals surface area contributed by atoms with Gasteiger partial charge in [-0.15, -0.1) is 0 Å². The molecule has 0 radical (unpaired) electrons. The van der Waals surface area contributed by atoms with Crippen LogP contribution in [0, 0.1) is 5.92 Å². The molecule has 1 atom stereocenters. The van der Waals surface area contributed by atoms with Crippen LogP contribution in [0.3, 0.4) is 0 Å². The van der Waals surface area contributed by atoms with Gasteiger partial charge in [-0.25, -0.2) is 0 Å². The van der Waals surface area contributed by atoms with Crippen LogP contribution in [0.1, 0.15) is 26.7 Å². The van der Waals surface area contributed by atoms with E-state index in [0.29, 0.717) is 25.5 Å². The smallest absolute Gasteiger partial charge is 0.320 e. The number of para-hydroxylation sites is 1. The zero-order valence-corrected chi connectivity index (χ0v) is 11.6. The Morgan fingerprint density at radius 1 is 1.32 bits per heavy atom. The summed E-state index contributed by atoms with van der Waals surface area (Å²) in [5.74, 6) is 0.436. The van der Waals surface area contributed by atoms with Gasteiger partial charge < -0.3 is 15.2 Å². The van der Waals surface area contributed by atoms with E-state index in [1.165, 1.54) is 0 Å². The van der Waals surface area contributed by atoms with Crippen molar-refractivity contribution in [3.8, 4) is 5.75 Å². The molecule has 0 fully saturated rings. The van der Waals surface area contributed by atoms with Crippen LogP contribution in [-0.2, 0) is 4.79 Å². The van der Waals surface area contributed by atoms with E-state index in [2.05, 4.69) is 5.32 Å². The van der Waals surface area contributed by atoms with Crippen LogP contribution in [-0.4, -0.2) is 30.3 Å². The molecule has 0 saturated heterocycles. The van der Waals surface area contributed by atoms with Gasteiger partial charge in [-0.05, 0) is 37.4 Å². The number of carboxylic acid groups (broad SMARTS) is 1. The van der Waals surface area contributed by atoms with E-state index in [0.717, 1.165) is 12.2 Å². The molecule has 1 aromatic carbocycles. The molecular weight excluding hydrogens is 242 g/mol. The van der Waals surface area contributed by atoms with Crippen LogP contribution < -0.4 is 10.1 Å². The fourth-order valence-corrected chi connectivity index (χ4v) is 1.80. The fraction of sp³-hybridized carbons (Fsp3) is 0.533. The zero-order chi connectivity index (χ0) is 14.1. The van der Waals surface area contributed by atoms with Crippen LogP contribution >= 0.6 is 0 Å². The minimum atomic E-state index is -0.780. The Morgan fingerprint density at radius 2 is 2.00 bits per heavy atom. The number of carbonyl (C=O) groups is 1. The van der Waals surface area contributed by atoms with Gasteiger partial charge in [-0.2, -0.15) is 0 Å². The van der Waals surface area contributed by atoms with Crippen LogP contribution in [0.4, 0.5) is 0 Å². The molecule has 4 nitrogen and oxygen atoms in total. The molecule has 0 heterocycles. The van der Waals surface area contributed by atoms with Crippen molar-refractivity contribution in [3.63, 3.8) is 0 Å². The molecule has 19 heavy (non-hydrogen) atoms. The highest BCUT2D eigenvalue weighted by Crippen LogP contribution is 2.08. The molecule has 4 heteroatoms. The molecule has 0 aliphatic heterocycles. The molecular formula is C15H23NO3. The first-order valence-electron chi connectivity index (χ1n) is 6.73. The maximum atomic E-state index is 11.0. The maximum Gasteiger partial charge on any atom is 0.320 e. The highest BCUT2D eigenvalue weighted by Gasteiger charge is 2.17. The molecule has 0 bridgehead atoms. The highest BCUT2D eigenvalue weighted by molar-refractivity contribution is 5.73. The standard InChI is InChI=1S/C15H23NO3/c1-12(2)11-14(15(17)18)16-9-6-10-19-13-7-4-3-5-8-13/h3-5,7-8,12,14,16H,6,9-11H2,1-2H3,(H,17,18). The summed E-state index contributed by atoms with van der Waals surface area (Å²) in [6, 6.07) is 9.15. The zero-order valence-electron chi connectivity index (χ0n) is 11.6. The third-order valence-corrected chi connectivity index (χ3v) is 2.73. The van der Waals surface area contributed by atoms with Crippen molar-refractivity contribution < 1.29 is 14.6 Å². The predicted molar refractivity (Wildman–Crippen MR) is 75.4 cm³/mol. The van der Waals surface area contributed by atoms with Gasteiger partial charge in [-0.1, -0.05) is 32.0 Å². The van der Waals surface area contributed by atoms with E-state index in [9.17, 15) is 4.79 Å². The molecule has 0 spiro atoms. The van der Waals surface area contributed by atoms with Crippen molar-refractivity contribution in [2.45, 2.75) is 32.7 Å². The van der Waals surface area contributed by atoms with Crippen molar-refractivity contribution >= 4 is 5.97 Å². The number of aliphatic carboxylic acids is 1. The first-order chi connectivity index (χ1) is 9.09. The first kappa shape index (κ1) is 15.5. The lowest BCUT2D eigenvalue weighted by Gasteiger charge is -2.16. The second-order valence-corrected chi connectivity index (χ2v) is 4.99. The molecule has 0 aromatic heterocycles. The number of benzene rings is 1. The Bertz CT molecular complexity index is 365. The SMILES string of the molecule is CC(C)CC(NCCCOc1ccccc1)C(=O)O. The number of carboxylic acids is 1. The normalized spacial score (nSPS) is 12.4. The van der Waals surface area contributed by atoms with E-state index in [1.807, 2.05) is 44.2 Å². The minimum Gasteiger partial charge on any atom is -0.494 e. The third-order valence-electron chi connectivity index (χ3n) is 2.73. The van der Waals surface area contributed by atoms with Gasteiger partial charge in [0.25, 0.3) is 0 Å². The summed E-state index contributed by atoms with van der Waals surface area (Å²) in [4.78, 5) is 11.0. The van der Waals surface area contributed by atoms with E-state index in [4.69, 9.17) is 9.84 Å². The predicted octanol–water partition coefficient (Wildman–Crippen LogP) is 2.54. The van der Waals surface area contributed by atoms with Gasteiger partial charge in [0, 0.05) is 0 Å². The summed E-state index contributed by atoms with van der Waals surface area (Å²) < 4.78 is 5.54. The highest BCUT2D eigenvalue weighted by atomic mass is 16.5. The molecule has 0 aliphatic rings. The van der Waals surface area contributed by atoms with Crippen molar-refractivity contribution in [3.05, 3.63) is 30.3 Å². The lowest BCUT2D eigenvalue weighted by atomic mass is 10.0. The lowest BCUT2D eigenvalue weighted by molar-refractivity contribution is -0.139. The van der Waals surface area contributed by atoms with Crippen molar-refractivity contribution in [1.29, 1.82) is 0 Å². The number of ether oxygens (including phenoxy) is 1. The van der Waals surface area contributed by atoms with Gasteiger partial charge in [0.15, 0.2) is 0 Å². The van der Waals surface area contributed by atoms with Crippen LogP contribution in [0.15, 0.2) is 30.3 Å². The van der Waals surface area contributed by atoms with Gasteiger partial charge >= 0.3 is 5.97 Å². The summed E-state index contributed by atoms with van der Waals surface area (Å²) >= 11 is 0. The molecule has 1 unspecified atom stereocenters. The van der Waals surface area contributed by atoms with Crippen molar-refractivity contribution in [2.24, 2.45) is 5.92 Å². The third kappa shape index (κ3) is 6.82. The Balaban J connectivity index is 2.16. The van der Waals surface area contributed by atoms with E-state index >= 15 is 0 Å². The molecule has 0 amide bonds. The molecule has 0 saturated carbocycles. The molecule has 0 aliphatic carbocycles. The number of rotatable bonds is 9. The van der Waals surface area contributed by atoms with E-state index in [1.54, 1.807) is 0 Å². The molecule has 2 N–H and O–H groups in total. The quantitative estimate of drug-likeness (QED) is 0.674. The summed E-state index contributed by atoms with van der Waals surface area (Å²) in [5.41, 5.74) is 0. The summed E-state index contributed by atoms with van der Waals surface area (Å²) in [7, 11) is 0. The monoisotopic (exact) mass is 265 g/mol. The van der Waals surface area contributed by atoms with Gasteiger partial charge in [-0.3, -0.25) is 4.79 Å². The fourth-order valence-electron chi connectivity index (χ4n) is 1.80. The summed E-state index contributed by atoms with van der Waals surface area (Å²) in [5, 5.41) is 12.1.